The molecule has 19 heavy (non-hydrogen) atoms. The fraction of sp³-hybridized carbons (Fsp3) is 0.357. The number of nitrogens with one attached hydrogen (secondary N) is 1. The maximum Gasteiger partial charge on any atom is 0.123 e. The van der Waals surface area contributed by atoms with Crippen LogP contribution in [0.15, 0.2) is 30.5 Å². The maximum atomic E-state index is 13.0. The summed E-state index contributed by atoms with van der Waals surface area (Å²) in [7, 11) is 0. The van der Waals surface area contributed by atoms with Gasteiger partial charge in [0.2, 0.25) is 0 Å². The van der Waals surface area contributed by atoms with Crippen molar-refractivity contribution in [2.75, 3.05) is 6.54 Å². The van der Waals surface area contributed by atoms with Gasteiger partial charge < -0.3 is 5.32 Å². The van der Waals surface area contributed by atoms with Crippen molar-refractivity contribution in [3.05, 3.63) is 52.6 Å². The molecule has 0 spiro atoms. The lowest BCUT2D eigenvalue weighted by atomic mass is 10.0. The van der Waals surface area contributed by atoms with Crippen LogP contribution in [0.3, 0.4) is 0 Å². The Hall–Kier alpha value is -1.39. The Morgan fingerprint density at radius 1 is 1.32 bits per heavy atom. The molecule has 0 bridgehead atoms. The second-order valence-corrected chi connectivity index (χ2v) is 4.64. The predicted molar refractivity (Wildman–Crippen MR) is 74.8 cm³/mol. The zero-order valence-electron chi connectivity index (χ0n) is 11.0. The highest BCUT2D eigenvalue weighted by atomic mass is 35.5. The van der Waals surface area contributed by atoms with Gasteiger partial charge in [-0.1, -0.05) is 30.7 Å². The Morgan fingerprint density at radius 2 is 2.00 bits per heavy atom. The van der Waals surface area contributed by atoms with Crippen LogP contribution in [0.1, 0.15) is 31.1 Å². The van der Waals surface area contributed by atoms with E-state index in [0.29, 0.717) is 5.02 Å². The summed E-state index contributed by atoms with van der Waals surface area (Å²) in [5.74, 6) is -0.242. The normalized spacial score (nSPS) is 12.6. The number of nitrogens with zero attached hydrogens (tertiary/aromatic N) is 2. The molecular weight excluding hydrogens is 265 g/mol. The average Bonchev–Trinajstić information content (AvgIpc) is 2.78. The van der Waals surface area contributed by atoms with Crippen LogP contribution in [0.2, 0.25) is 5.02 Å². The van der Waals surface area contributed by atoms with Gasteiger partial charge in [0, 0.05) is 6.54 Å². The third kappa shape index (κ3) is 2.96. The fourth-order valence-corrected chi connectivity index (χ4v) is 2.39. The smallest absolute Gasteiger partial charge is 0.123 e. The number of aryl methyl sites for hydroxylation is 1. The van der Waals surface area contributed by atoms with E-state index in [1.54, 1.807) is 18.3 Å². The highest BCUT2D eigenvalue weighted by Crippen LogP contribution is 2.28. The van der Waals surface area contributed by atoms with E-state index in [1.807, 2.05) is 18.5 Å². The zero-order chi connectivity index (χ0) is 13.8. The Balaban J connectivity index is 2.44. The monoisotopic (exact) mass is 281 g/mol. The van der Waals surface area contributed by atoms with Crippen molar-refractivity contribution in [1.82, 2.24) is 15.1 Å². The van der Waals surface area contributed by atoms with Gasteiger partial charge >= 0.3 is 0 Å². The Morgan fingerprint density at radius 3 is 2.58 bits per heavy atom. The molecule has 1 aromatic heterocycles. The second-order valence-electron chi connectivity index (χ2n) is 4.24. The molecule has 0 saturated carbocycles. The molecule has 0 aliphatic carbocycles. The molecule has 5 heteroatoms. The minimum absolute atomic E-state index is 0.0828. The van der Waals surface area contributed by atoms with Crippen molar-refractivity contribution in [1.29, 1.82) is 0 Å². The summed E-state index contributed by atoms with van der Waals surface area (Å²) in [5, 5.41) is 8.24. The molecule has 0 amide bonds. The minimum Gasteiger partial charge on any atom is -0.305 e. The van der Waals surface area contributed by atoms with Crippen LogP contribution in [0.4, 0.5) is 4.39 Å². The Labute approximate surface area is 117 Å². The average molecular weight is 282 g/mol. The standard InChI is InChI=1S/C14H17ClFN3/c1-3-17-13(10-5-7-11(16)8-6-10)14-12(15)9-18-19(14)4-2/h5-9,13,17H,3-4H2,1-2H3. The van der Waals surface area contributed by atoms with Crippen LogP contribution in [-0.2, 0) is 6.54 Å². The van der Waals surface area contributed by atoms with E-state index in [-0.39, 0.29) is 11.9 Å². The maximum absolute atomic E-state index is 13.0. The summed E-state index contributed by atoms with van der Waals surface area (Å²) in [4.78, 5) is 0. The Bertz CT molecular complexity index is 536. The summed E-state index contributed by atoms with van der Waals surface area (Å²) in [6.07, 6.45) is 1.65. The number of benzene rings is 1. The van der Waals surface area contributed by atoms with Crippen molar-refractivity contribution in [2.45, 2.75) is 26.4 Å². The van der Waals surface area contributed by atoms with Gasteiger partial charge in [-0.25, -0.2) is 4.39 Å². The highest BCUT2D eigenvalue weighted by Gasteiger charge is 2.20. The molecule has 1 aromatic carbocycles. The number of halogens is 2. The topological polar surface area (TPSA) is 29.9 Å². The van der Waals surface area contributed by atoms with Gasteiger partial charge in [-0.15, -0.1) is 0 Å². The first-order valence-electron chi connectivity index (χ1n) is 6.37. The van der Waals surface area contributed by atoms with E-state index in [1.165, 1.54) is 12.1 Å². The summed E-state index contributed by atoms with van der Waals surface area (Å²) in [6.45, 7) is 5.57. The highest BCUT2D eigenvalue weighted by molar-refractivity contribution is 6.31. The molecule has 1 N–H and O–H groups in total. The molecular formula is C14H17ClFN3. The van der Waals surface area contributed by atoms with E-state index in [2.05, 4.69) is 10.4 Å². The summed E-state index contributed by atoms with van der Waals surface area (Å²) in [5.41, 5.74) is 1.89. The van der Waals surface area contributed by atoms with Gasteiger partial charge in [-0.2, -0.15) is 5.10 Å². The molecule has 0 fully saturated rings. The van der Waals surface area contributed by atoms with E-state index in [4.69, 9.17) is 11.6 Å². The quantitative estimate of drug-likeness (QED) is 0.910. The van der Waals surface area contributed by atoms with Gasteiger partial charge in [-0.3, -0.25) is 4.68 Å². The molecule has 1 heterocycles. The number of hydrogen-bond donors (Lipinski definition) is 1. The lowest BCUT2D eigenvalue weighted by Gasteiger charge is -2.20. The van der Waals surface area contributed by atoms with Crippen LogP contribution in [0.5, 0.6) is 0 Å². The zero-order valence-corrected chi connectivity index (χ0v) is 11.8. The predicted octanol–water partition coefficient (Wildman–Crippen LogP) is 3.39. The number of aromatic nitrogens is 2. The van der Waals surface area contributed by atoms with Crippen molar-refractivity contribution in [2.24, 2.45) is 0 Å². The fourth-order valence-electron chi connectivity index (χ4n) is 2.14. The van der Waals surface area contributed by atoms with Crippen molar-refractivity contribution >= 4 is 11.6 Å². The van der Waals surface area contributed by atoms with Crippen molar-refractivity contribution < 1.29 is 4.39 Å². The second kappa shape index (κ2) is 6.17. The summed E-state index contributed by atoms with van der Waals surface area (Å²) >= 11 is 6.24. The first-order chi connectivity index (χ1) is 9.17. The summed E-state index contributed by atoms with van der Waals surface area (Å²) < 4.78 is 14.9. The number of hydrogen-bond acceptors (Lipinski definition) is 2. The molecule has 0 aliphatic heterocycles. The first-order valence-corrected chi connectivity index (χ1v) is 6.75. The van der Waals surface area contributed by atoms with E-state index in [0.717, 1.165) is 24.3 Å². The van der Waals surface area contributed by atoms with Crippen molar-refractivity contribution in [3.8, 4) is 0 Å². The van der Waals surface area contributed by atoms with E-state index >= 15 is 0 Å². The molecule has 0 radical (unpaired) electrons. The van der Waals surface area contributed by atoms with Crippen LogP contribution in [-0.4, -0.2) is 16.3 Å². The van der Waals surface area contributed by atoms with Gasteiger partial charge in [0.25, 0.3) is 0 Å². The van der Waals surface area contributed by atoms with E-state index in [9.17, 15) is 4.39 Å². The van der Waals surface area contributed by atoms with Gasteiger partial charge in [0.15, 0.2) is 0 Å². The largest absolute Gasteiger partial charge is 0.305 e. The Kier molecular flexibility index (Phi) is 4.56. The van der Waals surface area contributed by atoms with Crippen LogP contribution in [0.25, 0.3) is 0 Å². The SMILES string of the molecule is CCNC(c1ccc(F)cc1)c1c(Cl)cnn1CC. The minimum atomic E-state index is -0.242. The van der Waals surface area contributed by atoms with Crippen molar-refractivity contribution in [3.63, 3.8) is 0 Å². The number of rotatable bonds is 5. The molecule has 1 atom stereocenters. The third-order valence-corrected chi connectivity index (χ3v) is 3.31. The molecule has 2 aromatic rings. The van der Waals surface area contributed by atoms with Gasteiger partial charge in [0.1, 0.15) is 5.82 Å². The lowest BCUT2D eigenvalue weighted by Crippen LogP contribution is -2.25. The molecule has 0 saturated heterocycles. The molecule has 102 valence electrons. The third-order valence-electron chi connectivity index (χ3n) is 3.02. The van der Waals surface area contributed by atoms with E-state index < -0.39 is 0 Å². The molecule has 1 unspecified atom stereocenters. The molecule has 3 nitrogen and oxygen atoms in total. The van der Waals surface area contributed by atoms with Crippen LogP contribution in [0, 0.1) is 5.82 Å². The van der Waals surface area contributed by atoms with Gasteiger partial charge in [-0.05, 0) is 31.2 Å². The first kappa shape index (κ1) is 14.0. The summed E-state index contributed by atoms with van der Waals surface area (Å²) in [6, 6.07) is 6.37. The van der Waals surface area contributed by atoms with Gasteiger partial charge in [0.05, 0.1) is 23.0 Å². The van der Waals surface area contributed by atoms with Crippen LogP contribution < -0.4 is 5.32 Å². The lowest BCUT2D eigenvalue weighted by molar-refractivity contribution is 0.541. The molecule has 2 rings (SSSR count). The van der Waals surface area contributed by atoms with Crippen LogP contribution >= 0.6 is 11.6 Å². The molecule has 0 aliphatic rings.